The molecule has 174 valence electrons. The van der Waals surface area contributed by atoms with Crippen molar-refractivity contribution in [3.05, 3.63) is 61.5 Å². The summed E-state index contributed by atoms with van der Waals surface area (Å²) < 4.78 is 6.46. The molecule has 1 N–H and O–H groups in total. The number of hydrogen-bond acceptors (Lipinski definition) is 3. The maximum absolute atomic E-state index is 13.3. The number of carbonyl (C=O) groups excluding carboxylic acids is 2. The smallest absolute Gasteiger partial charge is 0.261 e. The van der Waals surface area contributed by atoms with E-state index in [-0.39, 0.29) is 31.0 Å². The van der Waals surface area contributed by atoms with Crippen molar-refractivity contribution in [2.24, 2.45) is 0 Å². The lowest BCUT2D eigenvalue weighted by atomic mass is 10.1. The molecule has 2 aromatic rings. The van der Waals surface area contributed by atoms with Crippen molar-refractivity contribution in [3.8, 4) is 5.75 Å². The Labute approximate surface area is 212 Å². The van der Waals surface area contributed by atoms with E-state index < -0.39 is 6.04 Å². The molecule has 0 aliphatic rings. The molecular formula is C23H26BrCl3N2O3. The molecule has 0 bridgehead atoms. The molecular weight excluding hydrogens is 539 g/mol. The van der Waals surface area contributed by atoms with Gasteiger partial charge in [-0.3, -0.25) is 9.59 Å². The van der Waals surface area contributed by atoms with E-state index in [1.807, 2.05) is 20.8 Å². The van der Waals surface area contributed by atoms with Gasteiger partial charge in [0.1, 0.15) is 11.8 Å². The highest BCUT2D eigenvalue weighted by Crippen LogP contribution is 2.29. The highest BCUT2D eigenvalue weighted by molar-refractivity contribution is 9.10. The number of nitrogens with zero attached hydrogens (tertiary/aromatic N) is 1. The van der Waals surface area contributed by atoms with Crippen LogP contribution in [-0.2, 0) is 16.1 Å². The standard InChI is InChI=1S/C23H26BrCl3N2O3/c1-4-14(3)28-23(31)20(5-2)29(12-16-17(25)7-6-8-18(16)26)22(30)13-32-21-10-9-15(24)11-19(21)27/h6-11,14,20H,4-5,12-13H2,1-3H3,(H,28,31)/t14-,20-/m0/s1. The lowest BCUT2D eigenvalue weighted by Gasteiger charge is -2.32. The van der Waals surface area contributed by atoms with Crippen LogP contribution in [0, 0.1) is 0 Å². The minimum Gasteiger partial charge on any atom is -0.482 e. The van der Waals surface area contributed by atoms with Crippen LogP contribution in [0.1, 0.15) is 39.2 Å². The zero-order valence-electron chi connectivity index (χ0n) is 18.1. The van der Waals surface area contributed by atoms with Crippen molar-refractivity contribution in [1.82, 2.24) is 10.2 Å². The van der Waals surface area contributed by atoms with Gasteiger partial charge in [-0.15, -0.1) is 0 Å². The summed E-state index contributed by atoms with van der Waals surface area (Å²) in [5.74, 6) is -0.248. The normalized spacial score (nSPS) is 12.7. The Morgan fingerprint density at radius 1 is 1.06 bits per heavy atom. The minimum absolute atomic E-state index is 0.0183. The summed E-state index contributed by atoms with van der Waals surface area (Å²) in [4.78, 5) is 27.7. The maximum Gasteiger partial charge on any atom is 0.261 e. The summed E-state index contributed by atoms with van der Waals surface area (Å²) >= 11 is 22.2. The second-order valence-electron chi connectivity index (χ2n) is 7.33. The number of carbonyl (C=O) groups is 2. The molecule has 0 saturated heterocycles. The van der Waals surface area contributed by atoms with Crippen LogP contribution in [-0.4, -0.2) is 35.4 Å². The number of hydrogen-bond donors (Lipinski definition) is 1. The van der Waals surface area contributed by atoms with Gasteiger partial charge in [0.2, 0.25) is 5.91 Å². The van der Waals surface area contributed by atoms with Crippen LogP contribution in [0.3, 0.4) is 0 Å². The number of nitrogens with one attached hydrogen (secondary N) is 1. The molecule has 0 fully saturated rings. The summed E-state index contributed by atoms with van der Waals surface area (Å²) in [6.45, 7) is 5.52. The van der Waals surface area contributed by atoms with Gasteiger partial charge in [-0.1, -0.05) is 70.6 Å². The minimum atomic E-state index is -0.715. The van der Waals surface area contributed by atoms with Crippen molar-refractivity contribution < 1.29 is 14.3 Å². The van der Waals surface area contributed by atoms with Crippen LogP contribution in [0.5, 0.6) is 5.75 Å². The first-order valence-corrected chi connectivity index (χ1v) is 12.2. The average Bonchev–Trinajstić information content (AvgIpc) is 2.74. The van der Waals surface area contributed by atoms with Crippen LogP contribution in [0.15, 0.2) is 40.9 Å². The number of halogens is 4. The van der Waals surface area contributed by atoms with E-state index in [1.165, 1.54) is 4.90 Å². The zero-order chi connectivity index (χ0) is 23.8. The number of ether oxygens (including phenoxy) is 1. The van der Waals surface area contributed by atoms with Gasteiger partial charge in [-0.25, -0.2) is 0 Å². The summed E-state index contributed by atoms with van der Waals surface area (Å²) in [7, 11) is 0. The average molecular weight is 565 g/mol. The number of rotatable bonds is 10. The monoisotopic (exact) mass is 562 g/mol. The third-order valence-electron chi connectivity index (χ3n) is 5.02. The van der Waals surface area contributed by atoms with E-state index in [0.717, 1.165) is 10.9 Å². The molecule has 0 unspecified atom stereocenters. The molecule has 0 radical (unpaired) electrons. The lowest BCUT2D eigenvalue weighted by molar-refractivity contribution is -0.143. The van der Waals surface area contributed by atoms with E-state index in [1.54, 1.807) is 36.4 Å². The van der Waals surface area contributed by atoms with Gasteiger partial charge in [-0.05, 0) is 50.1 Å². The molecule has 2 aromatic carbocycles. The van der Waals surface area contributed by atoms with Gasteiger partial charge in [0.15, 0.2) is 6.61 Å². The Morgan fingerprint density at radius 3 is 2.28 bits per heavy atom. The first kappa shape index (κ1) is 26.8. The highest BCUT2D eigenvalue weighted by atomic mass is 79.9. The van der Waals surface area contributed by atoms with Gasteiger partial charge in [0.05, 0.1) is 5.02 Å². The Kier molecular flexibility index (Phi) is 10.6. The van der Waals surface area contributed by atoms with Crippen molar-refractivity contribution in [1.29, 1.82) is 0 Å². The summed E-state index contributed by atoms with van der Waals surface area (Å²) in [6, 6.07) is 9.50. The van der Waals surface area contributed by atoms with Crippen LogP contribution < -0.4 is 10.1 Å². The molecule has 0 aliphatic carbocycles. The largest absolute Gasteiger partial charge is 0.482 e. The Bertz CT molecular complexity index is 938. The topological polar surface area (TPSA) is 58.6 Å². The second-order valence-corrected chi connectivity index (χ2v) is 9.46. The summed E-state index contributed by atoms with van der Waals surface area (Å²) in [5.41, 5.74) is 0.570. The molecule has 2 amide bonds. The second kappa shape index (κ2) is 12.7. The van der Waals surface area contributed by atoms with Gasteiger partial charge >= 0.3 is 0 Å². The molecule has 2 rings (SSSR count). The van der Waals surface area contributed by atoms with E-state index in [0.29, 0.717) is 32.8 Å². The Balaban J connectivity index is 2.30. The van der Waals surface area contributed by atoms with E-state index >= 15 is 0 Å². The molecule has 5 nitrogen and oxygen atoms in total. The number of amides is 2. The van der Waals surface area contributed by atoms with E-state index in [2.05, 4.69) is 21.2 Å². The molecule has 0 spiro atoms. The fraction of sp³-hybridized carbons (Fsp3) is 0.391. The first-order valence-electron chi connectivity index (χ1n) is 10.3. The summed E-state index contributed by atoms with van der Waals surface area (Å²) in [6.07, 6.45) is 1.19. The van der Waals surface area contributed by atoms with Crippen molar-refractivity contribution >= 4 is 62.5 Å². The van der Waals surface area contributed by atoms with Gasteiger partial charge in [0, 0.05) is 32.7 Å². The lowest BCUT2D eigenvalue weighted by Crippen LogP contribution is -2.51. The van der Waals surface area contributed by atoms with Crippen molar-refractivity contribution in [2.75, 3.05) is 6.61 Å². The summed E-state index contributed by atoms with van der Waals surface area (Å²) in [5, 5.41) is 4.17. The Hall–Kier alpha value is -1.47. The van der Waals surface area contributed by atoms with Gasteiger partial charge < -0.3 is 15.0 Å². The van der Waals surface area contributed by atoms with Crippen LogP contribution >= 0.6 is 50.7 Å². The fourth-order valence-corrected chi connectivity index (χ4v) is 4.27. The predicted octanol–water partition coefficient (Wildman–Crippen LogP) is 6.51. The third-order valence-corrected chi connectivity index (χ3v) is 6.52. The third kappa shape index (κ3) is 7.27. The Morgan fingerprint density at radius 2 is 1.72 bits per heavy atom. The molecule has 32 heavy (non-hydrogen) atoms. The van der Waals surface area contributed by atoms with Gasteiger partial charge in [0.25, 0.3) is 5.91 Å². The van der Waals surface area contributed by atoms with Crippen LogP contribution in [0.4, 0.5) is 0 Å². The SMILES string of the molecule is CC[C@H](C)NC(=O)[C@H](CC)N(Cc1c(Cl)cccc1Cl)C(=O)COc1ccc(Br)cc1Cl. The van der Waals surface area contributed by atoms with Crippen molar-refractivity contribution in [3.63, 3.8) is 0 Å². The number of benzene rings is 2. The highest BCUT2D eigenvalue weighted by Gasteiger charge is 2.30. The molecule has 2 atom stereocenters. The maximum atomic E-state index is 13.3. The molecule has 0 heterocycles. The van der Waals surface area contributed by atoms with Crippen LogP contribution in [0.2, 0.25) is 15.1 Å². The molecule has 9 heteroatoms. The quantitative estimate of drug-likeness (QED) is 0.358. The van der Waals surface area contributed by atoms with E-state index in [4.69, 9.17) is 39.5 Å². The molecule has 0 saturated carbocycles. The van der Waals surface area contributed by atoms with Gasteiger partial charge in [-0.2, -0.15) is 0 Å². The molecule has 0 aliphatic heterocycles. The first-order chi connectivity index (χ1) is 15.2. The predicted molar refractivity (Wildman–Crippen MR) is 134 cm³/mol. The van der Waals surface area contributed by atoms with Crippen molar-refractivity contribution in [2.45, 2.75) is 52.2 Å². The van der Waals surface area contributed by atoms with Crippen LogP contribution in [0.25, 0.3) is 0 Å². The molecule has 0 aromatic heterocycles. The fourth-order valence-electron chi connectivity index (χ4n) is 3.03. The zero-order valence-corrected chi connectivity index (χ0v) is 22.0. The van der Waals surface area contributed by atoms with E-state index in [9.17, 15) is 9.59 Å².